The molecule has 3 aromatic rings. The van der Waals surface area contributed by atoms with E-state index in [4.69, 9.17) is 10.2 Å². The number of furan rings is 1. The van der Waals surface area contributed by atoms with Gasteiger partial charge < -0.3 is 15.1 Å². The van der Waals surface area contributed by atoms with Crippen LogP contribution in [0.2, 0.25) is 0 Å². The first-order valence-electron chi connectivity index (χ1n) is 8.21. The molecule has 4 nitrogen and oxygen atoms in total. The van der Waals surface area contributed by atoms with Crippen molar-refractivity contribution < 1.29 is 9.21 Å². The van der Waals surface area contributed by atoms with Gasteiger partial charge in [-0.05, 0) is 37.1 Å². The van der Waals surface area contributed by atoms with Crippen LogP contribution in [0.15, 0.2) is 59.0 Å². The van der Waals surface area contributed by atoms with Crippen LogP contribution in [0.4, 0.5) is 0 Å². The predicted octanol–water partition coefficient (Wildman–Crippen LogP) is 3.38. The molecule has 0 bridgehead atoms. The van der Waals surface area contributed by atoms with Crippen LogP contribution in [-0.2, 0) is 6.42 Å². The van der Waals surface area contributed by atoms with Gasteiger partial charge in [0.2, 0.25) is 0 Å². The van der Waals surface area contributed by atoms with E-state index in [1.54, 1.807) is 4.90 Å². The molecule has 0 spiro atoms. The molecule has 0 unspecified atom stereocenters. The summed E-state index contributed by atoms with van der Waals surface area (Å²) in [5.41, 5.74) is 8.77. The maximum absolute atomic E-state index is 12.8. The summed E-state index contributed by atoms with van der Waals surface area (Å²) in [7, 11) is 0. The molecule has 4 heteroatoms. The topological polar surface area (TPSA) is 59.5 Å². The molecule has 2 aromatic carbocycles. The van der Waals surface area contributed by atoms with Gasteiger partial charge in [-0.15, -0.1) is 0 Å². The Morgan fingerprint density at radius 3 is 2.62 bits per heavy atom. The number of fused-ring (bicyclic) bond motifs is 1. The Morgan fingerprint density at radius 1 is 1.08 bits per heavy atom. The van der Waals surface area contributed by atoms with Crippen molar-refractivity contribution in [3.63, 3.8) is 0 Å². The number of carbonyl (C=O) groups excluding carboxylic acids is 1. The fourth-order valence-corrected chi connectivity index (χ4v) is 2.80. The zero-order chi connectivity index (χ0) is 16.9. The maximum Gasteiger partial charge on any atom is 0.289 e. The van der Waals surface area contributed by atoms with E-state index in [0.29, 0.717) is 25.4 Å². The standard InChI is InChI=1S/C20H22N2O2/c1-15-7-8-18-17(13-15)14-19(24-18)20(23)22(12-10-21)11-9-16-5-3-2-4-6-16/h2-8,13-14H,9-12,21H2,1H3. The van der Waals surface area contributed by atoms with Crippen molar-refractivity contribution in [3.8, 4) is 0 Å². The number of hydrogen-bond donors (Lipinski definition) is 1. The summed E-state index contributed by atoms with van der Waals surface area (Å²) >= 11 is 0. The molecule has 2 N–H and O–H groups in total. The van der Waals surface area contributed by atoms with Crippen molar-refractivity contribution in [1.29, 1.82) is 0 Å². The summed E-state index contributed by atoms with van der Waals surface area (Å²) in [4.78, 5) is 14.5. The Morgan fingerprint density at radius 2 is 1.88 bits per heavy atom. The highest BCUT2D eigenvalue weighted by Crippen LogP contribution is 2.21. The number of hydrogen-bond acceptors (Lipinski definition) is 3. The van der Waals surface area contributed by atoms with Gasteiger partial charge in [-0.1, -0.05) is 42.0 Å². The lowest BCUT2D eigenvalue weighted by Gasteiger charge is -2.20. The van der Waals surface area contributed by atoms with Crippen LogP contribution in [0.25, 0.3) is 11.0 Å². The first-order valence-corrected chi connectivity index (χ1v) is 8.21. The van der Waals surface area contributed by atoms with Crippen LogP contribution in [0, 0.1) is 6.92 Å². The van der Waals surface area contributed by atoms with Gasteiger partial charge in [-0.2, -0.15) is 0 Å². The summed E-state index contributed by atoms with van der Waals surface area (Å²) in [6.07, 6.45) is 0.798. The Labute approximate surface area is 141 Å². The number of aryl methyl sites for hydroxylation is 1. The molecule has 24 heavy (non-hydrogen) atoms. The summed E-state index contributed by atoms with van der Waals surface area (Å²) < 4.78 is 5.73. The maximum atomic E-state index is 12.8. The number of amides is 1. The smallest absolute Gasteiger partial charge is 0.289 e. The summed E-state index contributed by atoms with van der Waals surface area (Å²) in [5, 5.41) is 0.953. The van der Waals surface area contributed by atoms with Gasteiger partial charge in [0.05, 0.1) is 0 Å². The molecule has 1 amide bonds. The Balaban J connectivity index is 1.77. The number of nitrogens with zero attached hydrogens (tertiary/aromatic N) is 1. The molecule has 0 aliphatic carbocycles. The van der Waals surface area contributed by atoms with Gasteiger partial charge in [0, 0.05) is 25.0 Å². The zero-order valence-electron chi connectivity index (χ0n) is 13.9. The van der Waals surface area contributed by atoms with Crippen molar-refractivity contribution in [2.45, 2.75) is 13.3 Å². The second kappa shape index (κ2) is 7.32. The molecule has 124 valence electrons. The van der Waals surface area contributed by atoms with Gasteiger partial charge in [0.15, 0.2) is 5.76 Å². The molecule has 0 aliphatic rings. The molecule has 0 atom stereocenters. The van der Waals surface area contributed by atoms with E-state index < -0.39 is 0 Å². The second-order valence-electron chi connectivity index (χ2n) is 5.97. The lowest BCUT2D eigenvalue weighted by molar-refractivity contribution is 0.0732. The zero-order valence-corrected chi connectivity index (χ0v) is 13.9. The third-order valence-corrected chi connectivity index (χ3v) is 4.08. The van der Waals surface area contributed by atoms with E-state index in [-0.39, 0.29) is 5.91 Å². The summed E-state index contributed by atoms with van der Waals surface area (Å²) in [6, 6.07) is 17.8. The fraction of sp³-hybridized carbons (Fsp3) is 0.250. The highest BCUT2D eigenvalue weighted by Gasteiger charge is 2.19. The third-order valence-electron chi connectivity index (χ3n) is 4.08. The van der Waals surface area contributed by atoms with Gasteiger partial charge in [0.25, 0.3) is 5.91 Å². The number of carbonyl (C=O) groups is 1. The van der Waals surface area contributed by atoms with E-state index in [2.05, 4.69) is 12.1 Å². The SMILES string of the molecule is Cc1ccc2oc(C(=O)N(CCN)CCc3ccccc3)cc2c1. The molecule has 0 fully saturated rings. The minimum absolute atomic E-state index is 0.106. The highest BCUT2D eigenvalue weighted by atomic mass is 16.3. The highest BCUT2D eigenvalue weighted by molar-refractivity contribution is 5.96. The minimum atomic E-state index is -0.106. The molecule has 3 rings (SSSR count). The Kier molecular flexibility index (Phi) is 4.96. The van der Waals surface area contributed by atoms with Gasteiger partial charge in [0.1, 0.15) is 5.58 Å². The minimum Gasteiger partial charge on any atom is -0.451 e. The van der Waals surface area contributed by atoms with Crippen LogP contribution in [0.3, 0.4) is 0 Å². The van der Waals surface area contributed by atoms with Gasteiger partial charge in [-0.25, -0.2) is 0 Å². The normalized spacial score (nSPS) is 10.9. The van der Waals surface area contributed by atoms with Crippen LogP contribution < -0.4 is 5.73 Å². The lowest BCUT2D eigenvalue weighted by Crippen LogP contribution is -2.36. The van der Waals surface area contributed by atoms with E-state index in [1.165, 1.54) is 5.56 Å². The van der Waals surface area contributed by atoms with Crippen LogP contribution >= 0.6 is 0 Å². The first kappa shape index (κ1) is 16.3. The summed E-state index contributed by atoms with van der Waals surface area (Å²) in [6.45, 7) is 3.59. The average molecular weight is 322 g/mol. The molecule has 1 heterocycles. The molecule has 0 saturated carbocycles. The predicted molar refractivity (Wildman–Crippen MR) is 96.1 cm³/mol. The van der Waals surface area contributed by atoms with Gasteiger partial charge in [-0.3, -0.25) is 4.79 Å². The van der Waals surface area contributed by atoms with Crippen LogP contribution in [-0.4, -0.2) is 30.4 Å². The number of rotatable bonds is 6. The molecule has 0 radical (unpaired) electrons. The van der Waals surface area contributed by atoms with E-state index in [0.717, 1.165) is 23.0 Å². The molecular weight excluding hydrogens is 300 g/mol. The summed E-state index contributed by atoms with van der Waals surface area (Å²) in [5.74, 6) is 0.266. The molecule has 0 aliphatic heterocycles. The Hall–Kier alpha value is -2.59. The average Bonchev–Trinajstić information content (AvgIpc) is 3.02. The lowest BCUT2D eigenvalue weighted by atomic mass is 10.1. The Bertz CT molecular complexity index is 824. The number of benzene rings is 2. The molecular formula is C20H22N2O2. The second-order valence-corrected chi connectivity index (χ2v) is 5.97. The quantitative estimate of drug-likeness (QED) is 0.757. The number of nitrogens with two attached hydrogens (primary N) is 1. The van der Waals surface area contributed by atoms with Gasteiger partial charge >= 0.3 is 0 Å². The third kappa shape index (κ3) is 3.66. The monoisotopic (exact) mass is 322 g/mol. The van der Waals surface area contributed by atoms with Crippen LogP contribution in [0.1, 0.15) is 21.7 Å². The van der Waals surface area contributed by atoms with E-state index in [9.17, 15) is 4.79 Å². The molecule has 1 aromatic heterocycles. The molecule has 0 saturated heterocycles. The fourth-order valence-electron chi connectivity index (χ4n) is 2.80. The van der Waals surface area contributed by atoms with Crippen molar-refractivity contribution >= 4 is 16.9 Å². The van der Waals surface area contributed by atoms with Crippen LogP contribution in [0.5, 0.6) is 0 Å². The first-order chi connectivity index (χ1) is 11.7. The van der Waals surface area contributed by atoms with Crippen molar-refractivity contribution in [1.82, 2.24) is 4.90 Å². The van der Waals surface area contributed by atoms with E-state index in [1.807, 2.05) is 49.4 Å². The van der Waals surface area contributed by atoms with Crippen molar-refractivity contribution in [2.24, 2.45) is 5.73 Å². The van der Waals surface area contributed by atoms with Crippen molar-refractivity contribution in [3.05, 3.63) is 71.5 Å². The largest absolute Gasteiger partial charge is 0.451 e. The van der Waals surface area contributed by atoms with E-state index >= 15 is 0 Å². The van der Waals surface area contributed by atoms with Crippen molar-refractivity contribution in [2.75, 3.05) is 19.6 Å².